The Balaban J connectivity index is 1.90. The fourth-order valence-electron chi connectivity index (χ4n) is 3.06. The van der Waals surface area contributed by atoms with Crippen molar-refractivity contribution >= 4 is 17.0 Å². The number of benzene rings is 1. The van der Waals surface area contributed by atoms with E-state index in [1.807, 2.05) is 6.07 Å². The number of hydrogen-bond acceptors (Lipinski definition) is 2. The number of nitrogens with zero attached hydrogens (tertiary/aromatic N) is 2. The summed E-state index contributed by atoms with van der Waals surface area (Å²) in [4.78, 5) is 4.50. The third-order valence-corrected chi connectivity index (χ3v) is 4.13. The van der Waals surface area contributed by atoms with Gasteiger partial charge in [0.25, 0.3) is 0 Å². The minimum atomic E-state index is 0.613. The number of nitrogen functional groups attached to an aromatic ring is 1. The van der Waals surface area contributed by atoms with Gasteiger partial charge in [-0.15, -0.1) is 0 Å². The molecule has 2 saturated carbocycles. The molecule has 0 bridgehead atoms. The molecular formula is C14H17N3. The van der Waals surface area contributed by atoms with Crippen LogP contribution in [-0.4, -0.2) is 9.55 Å². The van der Waals surface area contributed by atoms with Crippen LogP contribution in [0.25, 0.3) is 11.0 Å². The minimum absolute atomic E-state index is 0.613. The molecule has 0 spiro atoms. The lowest BCUT2D eigenvalue weighted by Crippen LogP contribution is -2.15. The Hall–Kier alpha value is -1.51. The molecule has 0 atom stereocenters. The standard InChI is InChI=1S/C14H17N3/c15-14-16-11-3-1-2-4-12(11)17(14)13(9-5-6-9)10-7-8-10/h1-4,9-10,13H,5-8H2,(H2,15,16). The molecule has 2 aliphatic carbocycles. The molecule has 2 fully saturated rings. The van der Waals surface area contributed by atoms with E-state index in [4.69, 9.17) is 5.73 Å². The Morgan fingerprint density at radius 1 is 1.12 bits per heavy atom. The van der Waals surface area contributed by atoms with Crippen molar-refractivity contribution < 1.29 is 0 Å². The maximum atomic E-state index is 6.14. The molecule has 2 aliphatic rings. The van der Waals surface area contributed by atoms with Crippen molar-refractivity contribution in [1.29, 1.82) is 0 Å². The number of imidazole rings is 1. The van der Waals surface area contributed by atoms with Crippen LogP contribution in [0, 0.1) is 11.8 Å². The zero-order valence-corrected chi connectivity index (χ0v) is 9.84. The summed E-state index contributed by atoms with van der Waals surface area (Å²) in [5.41, 5.74) is 8.39. The summed E-state index contributed by atoms with van der Waals surface area (Å²) < 4.78 is 2.31. The maximum absolute atomic E-state index is 6.14. The fraction of sp³-hybridized carbons (Fsp3) is 0.500. The highest BCUT2D eigenvalue weighted by molar-refractivity contribution is 5.78. The first-order valence-electron chi connectivity index (χ1n) is 6.57. The molecule has 3 nitrogen and oxygen atoms in total. The molecule has 0 saturated heterocycles. The highest BCUT2D eigenvalue weighted by atomic mass is 15.2. The van der Waals surface area contributed by atoms with Crippen molar-refractivity contribution in [2.24, 2.45) is 11.8 Å². The van der Waals surface area contributed by atoms with Crippen LogP contribution in [0.5, 0.6) is 0 Å². The van der Waals surface area contributed by atoms with E-state index in [-0.39, 0.29) is 0 Å². The van der Waals surface area contributed by atoms with Crippen LogP contribution in [0.2, 0.25) is 0 Å². The molecule has 17 heavy (non-hydrogen) atoms. The second kappa shape index (κ2) is 3.25. The largest absolute Gasteiger partial charge is 0.369 e. The number of anilines is 1. The van der Waals surface area contributed by atoms with E-state index in [0.717, 1.165) is 17.4 Å². The molecule has 1 aromatic carbocycles. The van der Waals surface area contributed by atoms with Crippen molar-refractivity contribution in [3.8, 4) is 0 Å². The Morgan fingerprint density at radius 3 is 2.41 bits per heavy atom. The van der Waals surface area contributed by atoms with Crippen LogP contribution in [0.1, 0.15) is 31.7 Å². The molecule has 0 radical (unpaired) electrons. The fourth-order valence-corrected chi connectivity index (χ4v) is 3.06. The zero-order chi connectivity index (χ0) is 11.4. The monoisotopic (exact) mass is 227 g/mol. The van der Waals surface area contributed by atoms with Gasteiger partial charge in [0.1, 0.15) is 0 Å². The summed E-state index contributed by atoms with van der Waals surface area (Å²) >= 11 is 0. The lowest BCUT2D eigenvalue weighted by molar-refractivity contribution is 0.409. The van der Waals surface area contributed by atoms with Crippen molar-refractivity contribution in [2.75, 3.05) is 5.73 Å². The van der Waals surface area contributed by atoms with Gasteiger partial charge < -0.3 is 10.3 Å². The molecule has 3 heteroatoms. The second-order valence-electron chi connectivity index (χ2n) is 5.49. The van der Waals surface area contributed by atoms with E-state index in [2.05, 4.69) is 27.8 Å². The first-order valence-corrected chi connectivity index (χ1v) is 6.57. The highest BCUT2D eigenvalue weighted by Gasteiger charge is 2.43. The Labute approximate surface area is 101 Å². The van der Waals surface area contributed by atoms with Gasteiger partial charge >= 0.3 is 0 Å². The van der Waals surface area contributed by atoms with Gasteiger partial charge in [0.2, 0.25) is 5.95 Å². The van der Waals surface area contributed by atoms with Crippen LogP contribution in [0.3, 0.4) is 0 Å². The van der Waals surface area contributed by atoms with Crippen LogP contribution < -0.4 is 5.73 Å². The predicted molar refractivity (Wildman–Crippen MR) is 68.6 cm³/mol. The molecule has 88 valence electrons. The zero-order valence-electron chi connectivity index (χ0n) is 9.84. The molecule has 0 unspecified atom stereocenters. The molecule has 4 rings (SSSR count). The Bertz CT molecular complexity index is 552. The number of rotatable bonds is 3. The number of nitrogens with two attached hydrogens (primary N) is 1. The normalized spacial score (nSPS) is 20.3. The average molecular weight is 227 g/mol. The summed E-state index contributed by atoms with van der Waals surface area (Å²) in [7, 11) is 0. The van der Waals surface area contributed by atoms with Gasteiger partial charge in [-0.25, -0.2) is 4.98 Å². The summed E-state index contributed by atoms with van der Waals surface area (Å²) in [5, 5.41) is 0. The highest BCUT2D eigenvalue weighted by Crippen LogP contribution is 2.53. The quantitative estimate of drug-likeness (QED) is 0.876. The molecular weight excluding hydrogens is 210 g/mol. The van der Waals surface area contributed by atoms with E-state index in [1.54, 1.807) is 0 Å². The van der Waals surface area contributed by atoms with Gasteiger partial charge in [-0.2, -0.15) is 0 Å². The van der Waals surface area contributed by atoms with Crippen molar-refractivity contribution in [1.82, 2.24) is 9.55 Å². The molecule has 0 aliphatic heterocycles. The van der Waals surface area contributed by atoms with Crippen molar-refractivity contribution in [2.45, 2.75) is 31.7 Å². The lowest BCUT2D eigenvalue weighted by Gasteiger charge is -2.19. The Kier molecular flexibility index (Phi) is 1.82. The third kappa shape index (κ3) is 1.45. The van der Waals surface area contributed by atoms with Gasteiger partial charge in [0.05, 0.1) is 11.0 Å². The summed E-state index contributed by atoms with van der Waals surface area (Å²) in [6.07, 6.45) is 5.47. The first-order chi connectivity index (χ1) is 8.34. The van der Waals surface area contributed by atoms with E-state index in [0.29, 0.717) is 12.0 Å². The van der Waals surface area contributed by atoms with Crippen LogP contribution >= 0.6 is 0 Å². The SMILES string of the molecule is Nc1nc2ccccc2n1C(C1CC1)C1CC1. The van der Waals surface area contributed by atoms with Crippen LogP contribution in [0.15, 0.2) is 24.3 Å². The smallest absolute Gasteiger partial charge is 0.201 e. The Morgan fingerprint density at radius 2 is 1.76 bits per heavy atom. The third-order valence-electron chi connectivity index (χ3n) is 4.13. The van der Waals surface area contributed by atoms with Crippen LogP contribution in [-0.2, 0) is 0 Å². The molecule has 0 amide bonds. The van der Waals surface area contributed by atoms with E-state index < -0.39 is 0 Å². The number of hydrogen-bond donors (Lipinski definition) is 1. The van der Waals surface area contributed by atoms with E-state index >= 15 is 0 Å². The van der Waals surface area contributed by atoms with Gasteiger partial charge in [-0.05, 0) is 49.7 Å². The van der Waals surface area contributed by atoms with Gasteiger partial charge in [-0.1, -0.05) is 12.1 Å². The second-order valence-corrected chi connectivity index (χ2v) is 5.49. The maximum Gasteiger partial charge on any atom is 0.201 e. The number of aromatic nitrogens is 2. The topological polar surface area (TPSA) is 43.8 Å². The first kappa shape index (κ1) is 9.51. The van der Waals surface area contributed by atoms with Gasteiger partial charge in [0, 0.05) is 6.04 Å². The van der Waals surface area contributed by atoms with E-state index in [9.17, 15) is 0 Å². The predicted octanol–water partition coefficient (Wildman–Crippen LogP) is 2.98. The van der Waals surface area contributed by atoms with Crippen LogP contribution in [0.4, 0.5) is 5.95 Å². The molecule has 1 heterocycles. The van der Waals surface area contributed by atoms with E-state index in [1.165, 1.54) is 31.2 Å². The van der Waals surface area contributed by atoms with Crippen molar-refractivity contribution in [3.63, 3.8) is 0 Å². The van der Waals surface area contributed by atoms with Crippen molar-refractivity contribution in [3.05, 3.63) is 24.3 Å². The summed E-state index contributed by atoms with van der Waals surface area (Å²) in [5.74, 6) is 2.40. The lowest BCUT2D eigenvalue weighted by atomic mass is 10.1. The molecule has 1 aromatic heterocycles. The van der Waals surface area contributed by atoms with Gasteiger partial charge in [0.15, 0.2) is 0 Å². The minimum Gasteiger partial charge on any atom is -0.369 e. The number of fused-ring (bicyclic) bond motifs is 1. The molecule has 2 N–H and O–H groups in total. The average Bonchev–Trinajstić information content (AvgIpc) is 3.21. The number of para-hydroxylation sites is 2. The van der Waals surface area contributed by atoms with Gasteiger partial charge in [-0.3, -0.25) is 0 Å². The summed E-state index contributed by atoms with van der Waals surface area (Å²) in [6.45, 7) is 0. The summed E-state index contributed by atoms with van der Waals surface area (Å²) in [6, 6.07) is 8.93. The molecule has 2 aromatic rings.